The van der Waals surface area contributed by atoms with E-state index >= 15 is 0 Å². The number of carbonyl (C=O) groups is 3. The Kier molecular flexibility index (Phi) is 3.64. The van der Waals surface area contributed by atoms with E-state index in [0.29, 0.717) is 5.76 Å². The number of hydrogen-bond acceptors (Lipinski definition) is 6. The molecule has 2 amide bonds. The minimum atomic E-state index is -1.05. The summed E-state index contributed by atoms with van der Waals surface area (Å²) in [6.07, 6.45) is 1.41. The number of carbonyl (C=O) groups excluding carboxylic acids is 2. The molecule has 1 unspecified atom stereocenters. The van der Waals surface area contributed by atoms with Crippen molar-refractivity contribution in [1.29, 1.82) is 0 Å². The molecule has 2 aliphatic rings. The summed E-state index contributed by atoms with van der Waals surface area (Å²) in [6.45, 7) is 3.55. The molecule has 23 heavy (non-hydrogen) atoms. The van der Waals surface area contributed by atoms with E-state index in [1.54, 1.807) is 26.0 Å². The highest BCUT2D eigenvalue weighted by molar-refractivity contribution is 8.01. The van der Waals surface area contributed by atoms with Gasteiger partial charge in [-0.05, 0) is 26.0 Å². The van der Waals surface area contributed by atoms with Gasteiger partial charge in [-0.15, -0.1) is 11.8 Å². The number of β-lactam (4-membered cyclic amide) rings is 1. The molecular formula is C14H17N3O5S. The highest BCUT2D eigenvalue weighted by Gasteiger charge is 2.64. The largest absolute Gasteiger partial charge is 0.480 e. The van der Waals surface area contributed by atoms with Gasteiger partial charge in [0.25, 0.3) is 0 Å². The predicted molar refractivity (Wildman–Crippen MR) is 81.3 cm³/mol. The zero-order valence-corrected chi connectivity index (χ0v) is 13.4. The topological polar surface area (TPSA) is 126 Å². The van der Waals surface area contributed by atoms with Crippen LogP contribution in [0.3, 0.4) is 0 Å². The quantitative estimate of drug-likeness (QED) is 0.655. The molecular weight excluding hydrogens is 322 g/mol. The molecule has 0 aromatic carbocycles. The lowest BCUT2D eigenvalue weighted by Gasteiger charge is -2.43. The van der Waals surface area contributed by atoms with Crippen molar-refractivity contribution in [2.24, 2.45) is 5.73 Å². The van der Waals surface area contributed by atoms with Gasteiger partial charge in [0, 0.05) is 4.75 Å². The second-order valence-electron chi connectivity index (χ2n) is 6.08. The molecule has 3 heterocycles. The van der Waals surface area contributed by atoms with Gasteiger partial charge in [0.05, 0.1) is 6.26 Å². The number of carboxylic acid groups (broad SMARTS) is 1. The fraction of sp³-hybridized carbons (Fsp3) is 0.500. The molecule has 8 nitrogen and oxygen atoms in total. The Bertz CT molecular complexity index is 659. The van der Waals surface area contributed by atoms with Crippen LogP contribution in [0.2, 0.25) is 0 Å². The Balaban J connectivity index is 1.71. The lowest BCUT2D eigenvalue weighted by Crippen LogP contribution is -2.71. The average molecular weight is 339 g/mol. The van der Waals surface area contributed by atoms with Crippen LogP contribution in [-0.2, 0) is 14.4 Å². The maximum Gasteiger partial charge on any atom is 0.327 e. The van der Waals surface area contributed by atoms with Gasteiger partial charge >= 0.3 is 5.97 Å². The number of nitrogens with two attached hydrogens (primary N) is 1. The van der Waals surface area contributed by atoms with E-state index < -0.39 is 46.0 Å². The summed E-state index contributed by atoms with van der Waals surface area (Å²) in [5.74, 6) is -1.68. The van der Waals surface area contributed by atoms with Crippen LogP contribution in [0, 0.1) is 0 Å². The zero-order valence-electron chi connectivity index (χ0n) is 12.6. The van der Waals surface area contributed by atoms with E-state index in [2.05, 4.69) is 5.32 Å². The van der Waals surface area contributed by atoms with Crippen molar-refractivity contribution >= 4 is 29.5 Å². The Morgan fingerprint density at radius 3 is 2.78 bits per heavy atom. The first-order valence-corrected chi connectivity index (χ1v) is 7.94. The van der Waals surface area contributed by atoms with Crippen LogP contribution in [0.25, 0.3) is 0 Å². The van der Waals surface area contributed by atoms with Crippen molar-refractivity contribution in [2.75, 3.05) is 0 Å². The molecule has 1 aromatic heterocycles. The van der Waals surface area contributed by atoms with Crippen molar-refractivity contribution in [2.45, 2.75) is 42.1 Å². The molecule has 9 heteroatoms. The summed E-state index contributed by atoms with van der Waals surface area (Å²) in [7, 11) is 0. The molecule has 4 atom stereocenters. The molecule has 0 radical (unpaired) electrons. The lowest BCUT2D eigenvalue weighted by atomic mass is 9.96. The number of hydrogen-bond donors (Lipinski definition) is 3. The van der Waals surface area contributed by atoms with Gasteiger partial charge in [0.2, 0.25) is 11.8 Å². The number of fused-ring (bicyclic) bond motifs is 1. The number of furan rings is 1. The number of aliphatic carboxylic acids is 1. The Morgan fingerprint density at radius 1 is 1.52 bits per heavy atom. The van der Waals surface area contributed by atoms with Crippen LogP contribution in [0.15, 0.2) is 22.8 Å². The summed E-state index contributed by atoms with van der Waals surface area (Å²) in [5, 5.41) is 11.5. The molecule has 3 rings (SSSR count). The minimum absolute atomic E-state index is 0.300. The normalized spacial score (nSPS) is 29.6. The minimum Gasteiger partial charge on any atom is -0.480 e. The first kappa shape index (κ1) is 15.9. The number of amides is 2. The monoisotopic (exact) mass is 339 g/mol. The predicted octanol–water partition coefficient (Wildman–Crippen LogP) is -0.0889. The van der Waals surface area contributed by atoms with Crippen molar-refractivity contribution in [1.82, 2.24) is 10.2 Å². The van der Waals surface area contributed by atoms with Gasteiger partial charge in [0.1, 0.15) is 29.3 Å². The SMILES string of the molecule is CC1(C)S[C@@H]2[C@H](NC(=O)C(N)c3ccco3)C(=O)N2[C@H]1C(=O)O. The zero-order chi connectivity index (χ0) is 16.9. The molecule has 0 saturated carbocycles. The third-order valence-corrected chi connectivity index (χ3v) is 5.68. The molecule has 0 bridgehead atoms. The first-order chi connectivity index (χ1) is 10.7. The Hall–Kier alpha value is -2.00. The highest BCUT2D eigenvalue weighted by atomic mass is 32.2. The number of nitrogens with zero attached hydrogens (tertiary/aromatic N) is 1. The maximum atomic E-state index is 12.3. The van der Waals surface area contributed by atoms with Crippen LogP contribution in [0.4, 0.5) is 0 Å². The van der Waals surface area contributed by atoms with Crippen LogP contribution in [0.5, 0.6) is 0 Å². The van der Waals surface area contributed by atoms with E-state index in [1.165, 1.54) is 22.9 Å². The molecule has 0 aliphatic carbocycles. The molecule has 4 N–H and O–H groups in total. The van der Waals surface area contributed by atoms with Crippen molar-refractivity contribution in [3.05, 3.63) is 24.2 Å². The number of nitrogens with one attached hydrogen (secondary N) is 1. The van der Waals surface area contributed by atoms with Gasteiger partial charge in [0.15, 0.2) is 0 Å². The third kappa shape index (κ3) is 2.40. The van der Waals surface area contributed by atoms with Crippen molar-refractivity contribution < 1.29 is 23.9 Å². The van der Waals surface area contributed by atoms with Crippen LogP contribution in [-0.4, -0.2) is 50.0 Å². The molecule has 0 spiro atoms. The van der Waals surface area contributed by atoms with Crippen LogP contribution in [0.1, 0.15) is 25.6 Å². The molecule has 2 aliphatic heterocycles. The smallest absolute Gasteiger partial charge is 0.327 e. The van der Waals surface area contributed by atoms with Gasteiger partial charge in [-0.1, -0.05) is 0 Å². The Labute approximate surface area is 136 Å². The van der Waals surface area contributed by atoms with Crippen LogP contribution >= 0.6 is 11.8 Å². The summed E-state index contributed by atoms with van der Waals surface area (Å²) < 4.78 is 4.45. The van der Waals surface area contributed by atoms with E-state index in [4.69, 9.17) is 10.2 Å². The number of carboxylic acids is 1. The highest BCUT2D eigenvalue weighted by Crippen LogP contribution is 2.50. The standard InChI is InChI=1S/C14H17N3O5S/c1-14(2)9(13(20)21)17-11(19)8(12(17)23-14)16-10(18)7(15)6-4-3-5-22-6/h3-5,7-9,12H,15H2,1-2H3,(H,16,18)(H,20,21)/t7?,8-,9+,12-/m1/s1. The van der Waals surface area contributed by atoms with Gasteiger partial charge in [-0.25, -0.2) is 4.79 Å². The molecule has 2 fully saturated rings. The Morgan fingerprint density at radius 2 is 2.22 bits per heavy atom. The summed E-state index contributed by atoms with van der Waals surface area (Å²) in [4.78, 5) is 37.2. The van der Waals surface area contributed by atoms with E-state index in [0.717, 1.165) is 0 Å². The molecule has 1 aromatic rings. The summed E-state index contributed by atoms with van der Waals surface area (Å²) in [5.41, 5.74) is 5.79. The summed E-state index contributed by atoms with van der Waals surface area (Å²) in [6, 6.07) is 0.508. The van der Waals surface area contributed by atoms with Gasteiger partial charge in [-0.2, -0.15) is 0 Å². The van der Waals surface area contributed by atoms with E-state index in [1.807, 2.05) is 0 Å². The van der Waals surface area contributed by atoms with Crippen LogP contribution < -0.4 is 11.1 Å². The second-order valence-corrected chi connectivity index (χ2v) is 7.85. The number of rotatable bonds is 4. The second kappa shape index (κ2) is 5.27. The fourth-order valence-corrected chi connectivity index (χ4v) is 4.61. The van der Waals surface area contributed by atoms with Crippen molar-refractivity contribution in [3.8, 4) is 0 Å². The van der Waals surface area contributed by atoms with Gasteiger partial charge in [-0.3, -0.25) is 9.59 Å². The fourth-order valence-electron chi connectivity index (χ4n) is 2.99. The van der Waals surface area contributed by atoms with E-state index in [9.17, 15) is 19.5 Å². The van der Waals surface area contributed by atoms with Gasteiger partial charge < -0.3 is 25.5 Å². The lowest BCUT2D eigenvalue weighted by molar-refractivity contribution is -0.161. The average Bonchev–Trinajstić information content (AvgIpc) is 3.08. The maximum absolute atomic E-state index is 12.3. The van der Waals surface area contributed by atoms with Crippen molar-refractivity contribution in [3.63, 3.8) is 0 Å². The first-order valence-electron chi connectivity index (χ1n) is 7.06. The van der Waals surface area contributed by atoms with E-state index in [-0.39, 0.29) is 0 Å². The molecule has 124 valence electrons. The summed E-state index contributed by atoms with van der Waals surface area (Å²) >= 11 is 1.36. The number of thioether (sulfide) groups is 1. The molecule has 2 saturated heterocycles. The third-order valence-electron chi connectivity index (χ3n) is 4.10.